The van der Waals surface area contributed by atoms with Crippen LogP contribution < -0.4 is 14.4 Å². The first-order valence-electron chi connectivity index (χ1n) is 6.78. The number of nitrogens with zero attached hydrogens (tertiary/aromatic N) is 1. The van der Waals surface area contributed by atoms with Crippen molar-refractivity contribution in [2.24, 2.45) is 0 Å². The molecule has 0 aliphatic carbocycles. The van der Waals surface area contributed by atoms with E-state index in [1.165, 1.54) is 0 Å². The summed E-state index contributed by atoms with van der Waals surface area (Å²) in [5, 5.41) is 0.657. The minimum absolute atomic E-state index is 0.0189. The number of rotatable bonds is 5. The molecule has 1 amide bonds. The zero-order valence-corrected chi connectivity index (χ0v) is 13.6. The molecule has 0 bridgehead atoms. The van der Waals surface area contributed by atoms with Gasteiger partial charge in [-0.15, -0.1) is 0 Å². The molecule has 0 radical (unpaired) electrons. The normalized spacial score (nSPS) is 10.2. The van der Waals surface area contributed by atoms with Gasteiger partial charge >= 0.3 is 0 Å². The van der Waals surface area contributed by atoms with Gasteiger partial charge in [-0.25, -0.2) is 0 Å². The van der Waals surface area contributed by atoms with Crippen LogP contribution in [0.2, 0.25) is 5.02 Å². The van der Waals surface area contributed by atoms with Gasteiger partial charge in [-0.3, -0.25) is 4.79 Å². The van der Waals surface area contributed by atoms with Crippen molar-refractivity contribution < 1.29 is 14.3 Å². The topological polar surface area (TPSA) is 38.8 Å². The lowest BCUT2D eigenvalue weighted by Crippen LogP contribution is -2.27. The number of ether oxygens (including phenoxy) is 2. The summed E-state index contributed by atoms with van der Waals surface area (Å²) in [7, 11) is 4.88. The second-order valence-corrected chi connectivity index (χ2v) is 5.23. The number of carbonyl (C=O) groups is 1. The van der Waals surface area contributed by atoms with Crippen molar-refractivity contribution in [2.45, 2.75) is 6.42 Å². The van der Waals surface area contributed by atoms with E-state index in [4.69, 9.17) is 21.1 Å². The maximum absolute atomic E-state index is 12.4. The van der Waals surface area contributed by atoms with Crippen molar-refractivity contribution in [3.8, 4) is 11.5 Å². The third-order valence-electron chi connectivity index (χ3n) is 3.40. The Hall–Kier alpha value is -2.20. The summed E-state index contributed by atoms with van der Waals surface area (Å²) in [6.45, 7) is 0. The fourth-order valence-corrected chi connectivity index (χ4v) is 2.20. The van der Waals surface area contributed by atoms with Gasteiger partial charge in [-0.1, -0.05) is 23.7 Å². The number of hydrogen-bond donors (Lipinski definition) is 0. The molecule has 0 saturated carbocycles. The molecule has 0 atom stereocenters. The molecule has 0 heterocycles. The Balaban J connectivity index is 2.14. The van der Waals surface area contributed by atoms with Crippen LogP contribution in [-0.4, -0.2) is 27.2 Å². The quantitative estimate of drug-likeness (QED) is 0.845. The standard InChI is InChI=1S/C17H18ClNO3/c1-19(14-8-9-15(21-2)16(11-14)22-3)17(20)10-12-4-6-13(18)7-5-12/h4-9,11H,10H2,1-3H3. The van der Waals surface area contributed by atoms with Gasteiger partial charge in [0, 0.05) is 23.8 Å². The first-order chi connectivity index (χ1) is 10.5. The fraction of sp³-hybridized carbons (Fsp3) is 0.235. The van der Waals surface area contributed by atoms with Crippen molar-refractivity contribution in [2.75, 3.05) is 26.2 Å². The second kappa shape index (κ2) is 7.18. The molecule has 5 heteroatoms. The predicted molar refractivity (Wildman–Crippen MR) is 88.1 cm³/mol. The van der Waals surface area contributed by atoms with Crippen LogP contribution in [0.4, 0.5) is 5.69 Å². The molecule has 0 spiro atoms. The van der Waals surface area contributed by atoms with Crippen LogP contribution in [-0.2, 0) is 11.2 Å². The van der Waals surface area contributed by atoms with Gasteiger partial charge in [0.25, 0.3) is 0 Å². The largest absolute Gasteiger partial charge is 0.493 e. The fourth-order valence-electron chi connectivity index (χ4n) is 2.07. The van der Waals surface area contributed by atoms with E-state index in [9.17, 15) is 4.79 Å². The monoisotopic (exact) mass is 319 g/mol. The highest BCUT2D eigenvalue weighted by molar-refractivity contribution is 6.30. The van der Waals surface area contributed by atoms with Crippen LogP contribution in [0, 0.1) is 0 Å². The molecule has 0 fully saturated rings. The Morgan fingerprint density at radius 2 is 1.68 bits per heavy atom. The highest BCUT2D eigenvalue weighted by atomic mass is 35.5. The number of carbonyl (C=O) groups excluding carboxylic acids is 1. The summed E-state index contributed by atoms with van der Waals surface area (Å²) in [6, 6.07) is 12.6. The van der Waals surface area contributed by atoms with Crippen LogP contribution in [0.3, 0.4) is 0 Å². The SMILES string of the molecule is COc1ccc(N(C)C(=O)Cc2ccc(Cl)cc2)cc1OC. The van der Waals surface area contributed by atoms with E-state index < -0.39 is 0 Å². The molecule has 0 saturated heterocycles. The number of anilines is 1. The summed E-state index contributed by atoms with van der Waals surface area (Å²) in [6.07, 6.45) is 0.308. The smallest absolute Gasteiger partial charge is 0.231 e. The van der Waals surface area contributed by atoms with E-state index in [0.717, 1.165) is 11.3 Å². The minimum atomic E-state index is -0.0189. The van der Waals surface area contributed by atoms with Gasteiger partial charge in [0.15, 0.2) is 11.5 Å². The van der Waals surface area contributed by atoms with Crippen LogP contribution in [0.25, 0.3) is 0 Å². The van der Waals surface area contributed by atoms with Gasteiger partial charge in [0.1, 0.15) is 0 Å². The maximum Gasteiger partial charge on any atom is 0.231 e. The third kappa shape index (κ3) is 3.71. The summed E-state index contributed by atoms with van der Waals surface area (Å²) < 4.78 is 10.5. The molecule has 0 N–H and O–H groups in total. The van der Waals surface area contributed by atoms with Crippen molar-refractivity contribution in [3.63, 3.8) is 0 Å². The number of benzene rings is 2. The van der Waals surface area contributed by atoms with E-state index in [0.29, 0.717) is 22.9 Å². The number of halogens is 1. The molecule has 4 nitrogen and oxygen atoms in total. The molecule has 116 valence electrons. The average Bonchev–Trinajstić information content (AvgIpc) is 2.55. The Bertz CT molecular complexity index is 655. The number of likely N-dealkylation sites (N-methyl/N-ethyl adjacent to an activating group) is 1. The van der Waals surface area contributed by atoms with Gasteiger partial charge in [-0.05, 0) is 29.8 Å². The number of methoxy groups -OCH3 is 2. The van der Waals surface area contributed by atoms with Crippen LogP contribution in [0.15, 0.2) is 42.5 Å². The summed E-state index contributed by atoms with van der Waals surface area (Å²) in [5.41, 5.74) is 1.67. The molecule has 0 aliphatic rings. The van der Waals surface area contributed by atoms with Gasteiger partial charge in [0.05, 0.1) is 20.6 Å². The molecule has 2 rings (SSSR count). The van der Waals surface area contributed by atoms with E-state index in [2.05, 4.69) is 0 Å². The number of amides is 1. The average molecular weight is 320 g/mol. The first-order valence-corrected chi connectivity index (χ1v) is 7.16. The summed E-state index contributed by atoms with van der Waals surface area (Å²) in [4.78, 5) is 14.0. The van der Waals surface area contributed by atoms with E-state index >= 15 is 0 Å². The summed E-state index contributed by atoms with van der Waals surface area (Å²) in [5.74, 6) is 1.20. The van der Waals surface area contributed by atoms with Gasteiger partial charge in [-0.2, -0.15) is 0 Å². The zero-order chi connectivity index (χ0) is 16.1. The van der Waals surface area contributed by atoms with Gasteiger partial charge < -0.3 is 14.4 Å². The Morgan fingerprint density at radius 3 is 2.27 bits per heavy atom. The van der Waals surface area contributed by atoms with Crippen LogP contribution >= 0.6 is 11.6 Å². The van der Waals surface area contributed by atoms with Gasteiger partial charge in [0.2, 0.25) is 5.91 Å². The summed E-state index contributed by atoms with van der Waals surface area (Å²) >= 11 is 5.85. The third-order valence-corrected chi connectivity index (χ3v) is 3.65. The van der Waals surface area contributed by atoms with Crippen molar-refractivity contribution in [1.82, 2.24) is 0 Å². The van der Waals surface area contributed by atoms with Crippen LogP contribution in [0.1, 0.15) is 5.56 Å². The molecule has 2 aromatic carbocycles. The lowest BCUT2D eigenvalue weighted by Gasteiger charge is -2.19. The zero-order valence-electron chi connectivity index (χ0n) is 12.8. The van der Waals surface area contributed by atoms with E-state index in [-0.39, 0.29) is 5.91 Å². The Kier molecular flexibility index (Phi) is 5.28. The van der Waals surface area contributed by atoms with Crippen molar-refractivity contribution in [1.29, 1.82) is 0 Å². The lowest BCUT2D eigenvalue weighted by atomic mass is 10.1. The van der Waals surface area contributed by atoms with Crippen LogP contribution in [0.5, 0.6) is 11.5 Å². The maximum atomic E-state index is 12.4. The number of hydrogen-bond acceptors (Lipinski definition) is 3. The highest BCUT2D eigenvalue weighted by Gasteiger charge is 2.14. The first kappa shape index (κ1) is 16.2. The Morgan fingerprint density at radius 1 is 1.05 bits per heavy atom. The molecule has 0 aliphatic heterocycles. The predicted octanol–water partition coefficient (Wildman–Crippen LogP) is 3.56. The van der Waals surface area contributed by atoms with E-state index in [1.807, 2.05) is 18.2 Å². The van der Waals surface area contributed by atoms with Crippen molar-refractivity contribution in [3.05, 3.63) is 53.1 Å². The van der Waals surface area contributed by atoms with E-state index in [1.54, 1.807) is 50.4 Å². The molecular formula is C17H18ClNO3. The lowest BCUT2D eigenvalue weighted by molar-refractivity contribution is -0.117. The second-order valence-electron chi connectivity index (χ2n) is 4.80. The Labute approximate surface area is 135 Å². The molecule has 2 aromatic rings. The molecule has 0 aromatic heterocycles. The highest BCUT2D eigenvalue weighted by Crippen LogP contribution is 2.31. The molecule has 22 heavy (non-hydrogen) atoms. The molecule has 0 unspecified atom stereocenters. The minimum Gasteiger partial charge on any atom is -0.493 e. The molecular weight excluding hydrogens is 302 g/mol. The van der Waals surface area contributed by atoms with Crippen molar-refractivity contribution >= 4 is 23.2 Å².